The summed E-state index contributed by atoms with van der Waals surface area (Å²) in [7, 11) is 1.63. The third-order valence-electron chi connectivity index (χ3n) is 4.67. The lowest BCUT2D eigenvalue weighted by molar-refractivity contribution is -0.128. The lowest BCUT2D eigenvalue weighted by Crippen LogP contribution is -2.47. The SMILES string of the molecule is CN1C(=O)C[C@@](C)(c2cc3c(s2)COc2ccc(C#N)cc2-3)N=C1N. The Balaban J connectivity index is 1.83. The van der Waals surface area contributed by atoms with Crippen molar-refractivity contribution in [3.8, 4) is 22.9 Å². The Bertz CT molecular complexity index is 972. The molecule has 25 heavy (non-hydrogen) atoms. The summed E-state index contributed by atoms with van der Waals surface area (Å²) >= 11 is 1.58. The summed E-state index contributed by atoms with van der Waals surface area (Å²) in [5.74, 6) is 0.946. The highest BCUT2D eigenvalue weighted by atomic mass is 32.1. The zero-order valence-electron chi connectivity index (χ0n) is 13.9. The molecule has 1 aromatic heterocycles. The van der Waals surface area contributed by atoms with Gasteiger partial charge in [0.15, 0.2) is 5.96 Å². The summed E-state index contributed by atoms with van der Waals surface area (Å²) in [6.45, 7) is 2.40. The second kappa shape index (κ2) is 5.33. The molecule has 2 N–H and O–H groups in total. The molecule has 126 valence electrons. The number of nitriles is 1. The molecule has 0 saturated heterocycles. The first-order valence-corrected chi connectivity index (χ1v) is 8.65. The lowest BCUT2D eigenvalue weighted by atomic mass is 9.92. The van der Waals surface area contributed by atoms with Gasteiger partial charge in [-0.2, -0.15) is 5.26 Å². The predicted molar refractivity (Wildman–Crippen MR) is 95.2 cm³/mol. The molecule has 4 rings (SSSR count). The van der Waals surface area contributed by atoms with E-state index >= 15 is 0 Å². The number of benzene rings is 1. The lowest BCUT2D eigenvalue weighted by Gasteiger charge is -2.32. The Hall–Kier alpha value is -2.85. The second-order valence-electron chi connectivity index (χ2n) is 6.43. The number of ether oxygens (including phenoxy) is 1. The largest absolute Gasteiger partial charge is 0.487 e. The monoisotopic (exact) mass is 352 g/mol. The molecule has 0 unspecified atom stereocenters. The fourth-order valence-corrected chi connectivity index (χ4v) is 4.34. The van der Waals surface area contributed by atoms with Crippen LogP contribution in [0.1, 0.15) is 28.7 Å². The van der Waals surface area contributed by atoms with Crippen LogP contribution in [-0.4, -0.2) is 23.8 Å². The summed E-state index contributed by atoms with van der Waals surface area (Å²) < 4.78 is 5.81. The van der Waals surface area contributed by atoms with Crippen LogP contribution >= 0.6 is 11.3 Å². The molecule has 1 amide bonds. The third kappa shape index (κ3) is 2.37. The molecule has 2 aliphatic rings. The minimum absolute atomic E-state index is 0.0511. The van der Waals surface area contributed by atoms with Crippen LogP contribution in [0.5, 0.6) is 5.75 Å². The third-order valence-corrected chi connectivity index (χ3v) is 6.03. The van der Waals surface area contributed by atoms with E-state index in [1.54, 1.807) is 24.5 Å². The fourth-order valence-electron chi connectivity index (χ4n) is 3.16. The molecule has 1 aromatic carbocycles. The summed E-state index contributed by atoms with van der Waals surface area (Å²) in [4.78, 5) is 20.2. The summed E-state index contributed by atoms with van der Waals surface area (Å²) in [5.41, 5.74) is 7.77. The van der Waals surface area contributed by atoms with Crippen molar-refractivity contribution >= 4 is 23.2 Å². The van der Waals surface area contributed by atoms with Crippen molar-refractivity contribution in [1.82, 2.24) is 4.90 Å². The van der Waals surface area contributed by atoms with Gasteiger partial charge in [0.25, 0.3) is 0 Å². The van der Waals surface area contributed by atoms with Gasteiger partial charge in [-0.1, -0.05) is 0 Å². The van der Waals surface area contributed by atoms with Crippen LogP contribution in [0, 0.1) is 11.3 Å². The Labute approximate surface area is 149 Å². The average Bonchev–Trinajstić information content (AvgIpc) is 3.05. The number of nitrogens with zero attached hydrogens (tertiary/aromatic N) is 3. The van der Waals surface area contributed by atoms with Crippen LogP contribution in [0.2, 0.25) is 0 Å². The van der Waals surface area contributed by atoms with Gasteiger partial charge in [0.2, 0.25) is 5.91 Å². The predicted octanol–water partition coefficient (Wildman–Crippen LogP) is 2.57. The first kappa shape index (κ1) is 15.7. The van der Waals surface area contributed by atoms with Crippen molar-refractivity contribution < 1.29 is 9.53 Å². The zero-order chi connectivity index (χ0) is 17.8. The molecule has 1 atom stereocenters. The van der Waals surface area contributed by atoms with E-state index < -0.39 is 5.54 Å². The van der Waals surface area contributed by atoms with Crippen molar-refractivity contribution in [2.75, 3.05) is 7.05 Å². The van der Waals surface area contributed by atoms with Gasteiger partial charge in [0, 0.05) is 23.1 Å². The normalized spacial score (nSPS) is 21.7. The van der Waals surface area contributed by atoms with Crippen molar-refractivity contribution in [2.45, 2.75) is 25.5 Å². The molecule has 7 heteroatoms. The summed E-state index contributed by atoms with van der Waals surface area (Å²) in [6.07, 6.45) is 0.273. The molecular formula is C18H16N4O2S. The van der Waals surface area contributed by atoms with Crippen LogP contribution in [0.3, 0.4) is 0 Å². The number of fused-ring (bicyclic) bond motifs is 3. The maximum Gasteiger partial charge on any atom is 0.231 e. The van der Waals surface area contributed by atoms with Crippen molar-refractivity contribution in [1.29, 1.82) is 5.26 Å². The van der Waals surface area contributed by atoms with Gasteiger partial charge in [-0.05, 0) is 31.2 Å². The van der Waals surface area contributed by atoms with Gasteiger partial charge < -0.3 is 10.5 Å². The number of aliphatic imine (C=N–C) groups is 1. The number of carbonyl (C=O) groups excluding carboxylic acids is 1. The van der Waals surface area contributed by atoms with Crippen molar-refractivity contribution in [3.05, 3.63) is 39.6 Å². The van der Waals surface area contributed by atoms with Crippen LogP contribution in [-0.2, 0) is 16.9 Å². The minimum atomic E-state index is -0.678. The zero-order valence-corrected chi connectivity index (χ0v) is 14.7. The number of hydrogen-bond donors (Lipinski definition) is 1. The number of guanidine groups is 1. The van der Waals surface area contributed by atoms with Gasteiger partial charge in [-0.25, -0.2) is 4.99 Å². The van der Waals surface area contributed by atoms with E-state index in [4.69, 9.17) is 15.7 Å². The standard InChI is InChI=1S/C18H16N4O2S/c1-18(7-16(23)22(2)17(20)21-18)15-6-12-11-5-10(8-19)3-4-13(11)24-9-14(12)25-15/h3-6H,7,9H2,1-2H3,(H2,20,21)/t18-/m0/s1. The Morgan fingerprint density at radius 1 is 1.40 bits per heavy atom. The fraction of sp³-hybridized carbons (Fsp3) is 0.278. The highest BCUT2D eigenvalue weighted by Crippen LogP contribution is 2.46. The molecule has 0 spiro atoms. The van der Waals surface area contributed by atoms with Crippen LogP contribution in [0.15, 0.2) is 29.3 Å². The Morgan fingerprint density at radius 2 is 2.20 bits per heavy atom. The summed E-state index contributed by atoms with van der Waals surface area (Å²) in [6, 6.07) is 9.63. The molecule has 0 aliphatic carbocycles. The van der Waals surface area contributed by atoms with Gasteiger partial charge in [-0.3, -0.25) is 9.69 Å². The van der Waals surface area contributed by atoms with Gasteiger partial charge >= 0.3 is 0 Å². The number of rotatable bonds is 1. The number of thiophene rings is 1. The molecular weight excluding hydrogens is 336 g/mol. The van der Waals surface area contributed by atoms with Gasteiger partial charge in [-0.15, -0.1) is 11.3 Å². The first-order valence-electron chi connectivity index (χ1n) is 7.84. The highest BCUT2D eigenvalue weighted by Gasteiger charge is 2.38. The first-order chi connectivity index (χ1) is 11.9. The van der Waals surface area contributed by atoms with Crippen LogP contribution in [0.25, 0.3) is 11.1 Å². The Morgan fingerprint density at radius 3 is 2.92 bits per heavy atom. The molecule has 6 nitrogen and oxygen atoms in total. The number of hydrogen-bond acceptors (Lipinski definition) is 6. The molecule has 0 fully saturated rings. The van der Waals surface area contributed by atoms with E-state index in [-0.39, 0.29) is 18.3 Å². The van der Waals surface area contributed by atoms with E-state index in [1.165, 1.54) is 4.90 Å². The number of amides is 1. The van der Waals surface area contributed by atoms with E-state index in [2.05, 4.69) is 17.1 Å². The molecule has 0 radical (unpaired) electrons. The van der Waals surface area contributed by atoms with E-state index in [1.807, 2.05) is 19.1 Å². The van der Waals surface area contributed by atoms with Crippen molar-refractivity contribution in [3.63, 3.8) is 0 Å². The number of carbonyl (C=O) groups is 1. The second-order valence-corrected chi connectivity index (χ2v) is 7.57. The molecule has 2 aromatic rings. The van der Waals surface area contributed by atoms with E-state index in [0.717, 1.165) is 26.6 Å². The maximum absolute atomic E-state index is 12.2. The topological polar surface area (TPSA) is 91.7 Å². The number of nitrogens with two attached hydrogens (primary N) is 1. The van der Waals surface area contributed by atoms with E-state index in [9.17, 15) is 4.79 Å². The smallest absolute Gasteiger partial charge is 0.231 e. The van der Waals surface area contributed by atoms with Crippen LogP contribution in [0.4, 0.5) is 0 Å². The molecule has 0 bridgehead atoms. The van der Waals surface area contributed by atoms with Crippen molar-refractivity contribution in [2.24, 2.45) is 10.7 Å². The maximum atomic E-state index is 12.2. The molecule has 2 aliphatic heterocycles. The van der Waals surface area contributed by atoms with E-state index in [0.29, 0.717) is 12.2 Å². The summed E-state index contributed by atoms with van der Waals surface area (Å²) in [5, 5.41) is 9.16. The van der Waals surface area contributed by atoms with Gasteiger partial charge in [0.05, 0.1) is 22.9 Å². The Kier molecular flexibility index (Phi) is 3.34. The average molecular weight is 352 g/mol. The quantitative estimate of drug-likeness (QED) is 0.854. The highest BCUT2D eigenvalue weighted by molar-refractivity contribution is 7.12. The van der Waals surface area contributed by atoms with Gasteiger partial charge in [0.1, 0.15) is 17.9 Å². The minimum Gasteiger partial charge on any atom is -0.487 e. The molecule has 3 heterocycles. The molecule has 0 saturated carbocycles. The van der Waals surface area contributed by atoms with Crippen LogP contribution < -0.4 is 10.5 Å².